The zero-order valence-electron chi connectivity index (χ0n) is 10.7. The molecule has 0 aromatic heterocycles. The number of aromatic hydroxyl groups is 1. The highest BCUT2D eigenvalue weighted by Gasteiger charge is 2.23. The zero-order chi connectivity index (χ0) is 13.2. The lowest BCUT2D eigenvalue weighted by Crippen LogP contribution is -2.05. The predicted octanol–water partition coefficient (Wildman–Crippen LogP) is 2.92. The van der Waals surface area contributed by atoms with Gasteiger partial charge in [0.25, 0.3) is 0 Å². The van der Waals surface area contributed by atoms with Crippen LogP contribution >= 0.6 is 0 Å². The minimum atomic E-state index is -0.0434. The van der Waals surface area contributed by atoms with Gasteiger partial charge in [0.1, 0.15) is 18.1 Å². The molecule has 1 unspecified atom stereocenters. The van der Waals surface area contributed by atoms with E-state index >= 15 is 0 Å². The molecule has 0 saturated carbocycles. The van der Waals surface area contributed by atoms with Crippen LogP contribution in [-0.2, 0) is 13.0 Å². The van der Waals surface area contributed by atoms with Gasteiger partial charge in [-0.2, -0.15) is 0 Å². The van der Waals surface area contributed by atoms with Gasteiger partial charge in [0.15, 0.2) is 0 Å². The van der Waals surface area contributed by atoms with Gasteiger partial charge in [0.05, 0.1) is 0 Å². The Labute approximate surface area is 112 Å². The second-order valence-corrected chi connectivity index (χ2v) is 4.93. The standard InChI is InChI=1S/C16H17NO2/c17-14-7-6-12-8-13(9-15(18)16(12)14)19-10-11-4-2-1-3-5-11/h1-5,8-9,14,18H,6-7,10,17H2. The molecule has 3 nitrogen and oxygen atoms in total. The number of ether oxygens (including phenoxy) is 1. The molecule has 1 atom stereocenters. The predicted molar refractivity (Wildman–Crippen MR) is 74.1 cm³/mol. The van der Waals surface area contributed by atoms with E-state index in [9.17, 15) is 5.11 Å². The van der Waals surface area contributed by atoms with Crippen molar-refractivity contribution < 1.29 is 9.84 Å². The molecule has 19 heavy (non-hydrogen) atoms. The number of hydrogen-bond donors (Lipinski definition) is 2. The Morgan fingerprint density at radius 3 is 2.79 bits per heavy atom. The van der Waals surface area contributed by atoms with Crippen molar-refractivity contribution in [1.29, 1.82) is 0 Å². The van der Waals surface area contributed by atoms with Crippen LogP contribution in [0.4, 0.5) is 0 Å². The first kappa shape index (κ1) is 12.1. The van der Waals surface area contributed by atoms with Gasteiger partial charge in [0.2, 0.25) is 0 Å². The Morgan fingerprint density at radius 1 is 1.21 bits per heavy atom. The van der Waals surface area contributed by atoms with E-state index in [4.69, 9.17) is 10.5 Å². The van der Waals surface area contributed by atoms with Crippen LogP contribution in [0.2, 0.25) is 0 Å². The van der Waals surface area contributed by atoms with Gasteiger partial charge in [-0.25, -0.2) is 0 Å². The van der Waals surface area contributed by atoms with Crippen molar-refractivity contribution in [2.75, 3.05) is 0 Å². The molecule has 3 heteroatoms. The molecule has 0 radical (unpaired) electrons. The molecule has 0 spiro atoms. The van der Waals surface area contributed by atoms with E-state index < -0.39 is 0 Å². The molecule has 0 saturated heterocycles. The maximum absolute atomic E-state index is 10.0. The summed E-state index contributed by atoms with van der Waals surface area (Å²) in [6.07, 6.45) is 1.80. The van der Waals surface area contributed by atoms with Crippen LogP contribution < -0.4 is 10.5 Å². The van der Waals surface area contributed by atoms with E-state index in [1.165, 1.54) is 0 Å². The molecule has 0 fully saturated rings. The number of hydrogen-bond acceptors (Lipinski definition) is 3. The average Bonchev–Trinajstić information content (AvgIpc) is 2.80. The van der Waals surface area contributed by atoms with Crippen LogP contribution in [0.25, 0.3) is 0 Å². The van der Waals surface area contributed by atoms with E-state index in [0.29, 0.717) is 12.4 Å². The summed E-state index contributed by atoms with van der Waals surface area (Å²) in [5.74, 6) is 0.958. The summed E-state index contributed by atoms with van der Waals surface area (Å²) in [5, 5.41) is 10.0. The molecule has 0 amide bonds. The lowest BCUT2D eigenvalue weighted by Gasteiger charge is -2.11. The van der Waals surface area contributed by atoms with Crippen LogP contribution in [0.3, 0.4) is 0 Å². The topological polar surface area (TPSA) is 55.5 Å². The smallest absolute Gasteiger partial charge is 0.124 e. The second-order valence-electron chi connectivity index (χ2n) is 4.93. The van der Waals surface area contributed by atoms with Crippen molar-refractivity contribution in [3.05, 3.63) is 59.2 Å². The summed E-state index contributed by atoms with van der Waals surface area (Å²) in [7, 11) is 0. The van der Waals surface area contributed by atoms with Gasteiger partial charge in [-0.05, 0) is 30.0 Å². The van der Waals surface area contributed by atoms with E-state index in [1.807, 2.05) is 36.4 Å². The molecule has 1 aliphatic rings. The maximum Gasteiger partial charge on any atom is 0.124 e. The fourth-order valence-electron chi connectivity index (χ4n) is 2.58. The highest BCUT2D eigenvalue weighted by molar-refractivity contribution is 5.49. The van der Waals surface area contributed by atoms with Gasteiger partial charge in [0, 0.05) is 17.7 Å². The van der Waals surface area contributed by atoms with Crippen LogP contribution in [0, 0.1) is 0 Å². The van der Waals surface area contributed by atoms with Crippen molar-refractivity contribution in [1.82, 2.24) is 0 Å². The second kappa shape index (κ2) is 4.94. The van der Waals surface area contributed by atoms with E-state index in [-0.39, 0.29) is 11.8 Å². The number of rotatable bonds is 3. The molecule has 2 aromatic carbocycles. The van der Waals surface area contributed by atoms with E-state index in [1.54, 1.807) is 6.07 Å². The highest BCUT2D eigenvalue weighted by atomic mass is 16.5. The maximum atomic E-state index is 10.0. The average molecular weight is 255 g/mol. The Hall–Kier alpha value is -2.00. The van der Waals surface area contributed by atoms with Crippen LogP contribution in [0.5, 0.6) is 11.5 Å². The first-order valence-electron chi connectivity index (χ1n) is 6.52. The van der Waals surface area contributed by atoms with Gasteiger partial charge in [-0.1, -0.05) is 30.3 Å². The van der Waals surface area contributed by atoms with E-state index in [0.717, 1.165) is 29.5 Å². The Bertz CT molecular complexity index is 581. The number of phenols is 1. The summed E-state index contributed by atoms with van der Waals surface area (Å²) in [6.45, 7) is 0.505. The van der Waals surface area contributed by atoms with Gasteiger partial charge in [-0.3, -0.25) is 0 Å². The van der Waals surface area contributed by atoms with Crippen LogP contribution in [0.1, 0.15) is 29.2 Å². The van der Waals surface area contributed by atoms with Gasteiger partial charge < -0.3 is 15.6 Å². The van der Waals surface area contributed by atoms with Crippen molar-refractivity contribution in [2.24, 2.45) is 5.73 Å². The SMILES string of the molecule is NC1CCc2cc(OCc3ccccc3)cc(O)c21. The number of nitrogens with two attached hydrogens (primary N) is 1. The summed E-state index contributed by atoms with van der Waals surface area (Å²) in [5.41, 5.74) is 9.06. The van der Waals surface area contributed by atoms with Gasteiger partial charge in [-0.15, -0.1) is 0 Å². The largest absolute Gasteiger partial charge is 0.507 e. The minimum Gasteiger partial charge on any atom is -0.507 e. The summed E-state index contributed by atoms with van der Waals surface area (Å²) >= 11 is 0. The highest BCUT2D eigenvalue weighted by Crippen LogP contribution is 2.39. The molecule has 0 heterocycles. The lowest BCUT2D eigenvalue weighted by molar-refractivity contribution is 0.304. The fraction of sp³-hybridized carbons (Fsp3) is 0.250. The van der Waals surface area contributed by atoms with Crippen molar-refractivity contribution in [3.63, 3.8) is 0 Å². The summed E-state index contributed by atoms with van der Waals surface area (Å²) < 4.78 is 5.73. The molecule has 2 aromatic rings. The van der Waals surface area contributed by atoms with Crippen LogP contribution in [0.15, 0.2) is 42.5 Å². The third kappa shape index (κ3) is 2.42. The van der Waals surface area contributed by atoms with Crippen molar-refractivity contribution >= 4 is 0 Å². The molecule has 0 bridgehead atoms. The quantitative estimate of drug-likeness (QED) is 0.886. The Balaban J connectivity index is 1.78. The number of aryl methyl sites for hydroxylation is 1. The number of benzene rings is 2. The number of fused-ring (bicyclic) bond motifs is 1. The first-order valence-corrected chi connectivity index (χ1v) is 6.52. The van der Waals surface area contributed by atoms with Gasteiger partial charge >= 0.3 is 0 Å². The first-order chi connectivity index (χ1) is 9.24. The Morgan fingerprint density at radius 2 is 2.00 bits per heavy atom. The third-order valence-corrected chi connectivity index (χ3v) is 3.56. The molecule has 98 valence electrons. The molecule has 0 aliphatic heterocycles. The summed E-state index contributed by atoms with van der Waals surface area (Å²) in [6, 6.07) is 13.6. The fourth-order valence-corrected chi connectivity index (χ4v) is 2.58. The molecule has 3 N–H and O–H groups in total. The Kier molecular flexibility index (Phi) is 3.13. The lowest BCUT2D eigenvalue weighted by atomic mass is 10.1. The normalized spacial score (nSPS) is 17.2. The van der Waals surface area contributed by atoms with E-state index in [2.05, 4.69) is 0 Å². The van der Waals surface area contributed by atoms with Crippen LogP contribution in [-0.4, -0.2) is 5.11 Å². The third-order valence-electron chi connectivity index (χ3n) is 3.56. The molecular weight excluding hydrogens is 238 g/mol. The molecule has 1 aliphatic carbocycles. The van der Waals surface area contributed by atoms with Crippen molar-refractivity contribution in [2.45, 2.75) is 25.5 Å². The monoisotopic (exact) mass is 255 g/mol. The van der Waals surface area contributed by atoms with Crippen molar-refractivity contribution in [3.8, 4) is 11.5 Å². The summed E-state index contributed by atoms with van der Waals surface area (Å²) in [4.78, 5) is 0. The molecular formula is C16H17NO2. The number of phenolic OH excluding ortho intramolecular Hbond substituents is 1. The minimum absolute atomic E-state index is 0.0434. The zero-order valence-corrected chi connectivity index (χ0v) is 10.7. The molecule has 3 rings (SSSR count).